The Kier molecular flexibility index (Phi) is 9.03. The molecule has 10 heteroatoms. The molecule has 2 atom stereocenters. The third-order valence-electron chi connectivity index (χ3n) is 7.41. The summed E-state index contributed by atoms with van der Waals surface area (Å²) in [5.74, 6) is 0.388. The van der Waals surface area contributed by atoms with Gasteiger partial charge in [-0.2, -0.15) is 0 Å². The first kappa shape index (κ1) is 28.4. The first-order valence-corrected chi connectivity index (χ1v) is 13.6. The molecule has 41 heavy (non-hydrogen) atoms. The van der Waals surface area contributed by atoms with Gasteiger partial charge >= 0.3 is 6.09 Å². The van der Waals surface area contributed by atoms with E-state index in [9.17, 15) is 19.8 Å². The molecule has 1 saturated heterocycles. The van der Waals surface area contributed by atoms with Crippen LogP contribution in [0, 0.1) is 0 Å². The van der Waals surface area contributed by atoms with Crippen molar-refractivity contribution in [2.24, 2.45) is 0 Å². The van der Waals surface area contributed by atoms with Gasteiger partial charge < -0.3 is 39.4 Å². The molecule has 10 nitrogen and oxygen atoms in total. The van der Waals surface area contributed by atoms with E-state index in [0.717, 1.165) is 22.3 Å². The lowest BCUT2D eigenvalue weighted by Gasteiger charge is -2.26. The Balaban J connectivity index is 1.12. The Morgan fingerprint density at radius 3 is 2.29 bits per heavy atom. The van der Waals surface area contributed by atoms with Crippen LogP contribution < -0.4 is 14.8 Å². The summed E-state index contributed by atoms with van der Waals surface area (Å²) in [6.45, 7) is 1.79. The zero-order valence-electron chi connectivity index (χ0n) is 22.8. The van der Waals surface area contributed by atoms with Gasteiger partial charge in [-0.1, -0.05) is 54.6 Å². The molecule has 5 rings (SSSR count). The molecular formula is C31H34N2O8. The summed E-state index contributed by atoms with van der Waals surface area (Å²) in [5.41, 5.74) is 4.82. The van der Waals surface area contributed by atoms with E-state index in [1.165, 1.54) is 13.2 Å². The molecule has 0 spiro atoms. The van der Waals surface area contributed by atoms with Crippen LogP contribution in [0.4, 0.5) is 4.79 Å². The Morgan fingerprint density at radius 2 is 1.63 bits per heavy atom. The van der Waals surface area contributed by atoms with Crippen LogP contribution in [0.5, 0.6) is 11.5 Å². The van der Waals surface area contributed by atoms with Crippen LogP contribution in [0.15, 0.2) is 66.7 Å². The normalized spacial score (nSPS) is 15.8. The molecule has 3 aromatic rings. The van der Waals surface area contributed by atoms with Gasteiger partial charge in [-0.25, -0.2) is 4.79 Å². The number of benzene rings is 3. The summed E-state index contributed by atoms with van der Waals surface area (Å²) in [4.78, 5) is 26.5. The molecule has 2 aliphatic rings. The van der Waals surface area contributed by atoms with Crippen LogP contribution in [0.3, 0.4) is 0 Å². The molecule has 2 unspecified atom stereocenters. The van der Waals surface area contributed by atoms with E-state index < -0.39 is 18.3 Å². The molecule has 3 aromatic carbocycles. The summed E-state index contributed by atoms with van der Waals surface area (Å²) in [6, 6.07) is 20.8. The van der Waals surface area contributed by atoms with E-state index in [1.807, 2.05) is 36.4 Å². The van der Waals surface area contributed by atoms with Crippen molar-refractivity contribution >= 4 is 12.0 Å². The van der Waals surface area contributed by atoms with Crippen molar-refractivity contribution in [1.29, 1.82) is 0 Å². The molecule has 3 N–H and O–H groups in total. The van der Waals surface area contributed by atoms with Gasteiger partial charge in [-0.3, -0.25) is 4.79 Å². The summed E-state index contributed by atoms with van der Waals surface area (Å²) in [7, 11) is 1.44. The predicted octanol–water partition coefficient (Wildman–Crippen LogP) is 2.87. The number of methoxy groups -OCH3 is 1. The minimum absolute atomic E-state index is 0.0824. The molecule has 1 aliphatic heterocycles. The van der Waals surface area contributed by atoms with E-state index in [0.29, 0.717) is 43.4 Å². The van der Waals surface area contributed by atoms with Gasteiger partial charge in [0.15, 0.2) is 18.1 Å². The number of morpholine rings is 1. The zero-order chi connectivity index (χ0) is 28.8. The van der Waals surface area contributed by atoms with Crippen LogP contribution in [0.25, 0.3) is 11.1 Å². The second-order valence-corrected chi connectivity index (χ2v) is 9.91. The molecular weight excluding hydrogens is 528 g/mol. The highest BCUT2D eigenvalue weighted by Crippen LogP contribution is 2.44. The lowest BCUT2D eigenvalue weighted by Crippen LogP contribution is -2.43. The molecule has 0 saturated carbocycles. The SMILES string of the molecule is COc1cc(C(O)C(O)CNC(=O)OCC2c3ccccc3-c3ccccc32)ccc1OCC(=O)N1CCOCC1. The molecule has 0 radical (unpaired) electrons. The monoisotopic (exact) mass is 562 g/mol. The Bertz CT molecular complexity index is 1330. The van der Waals surface area contributed by atoms with Crippen molar-refractivity contribution in [1.82, 2.24) is 10.2 Å². The molecule has 0 aromatic heterocycles. The van der Waals surface area contributed by atoms with Crippen molar-refractivity contribution in [2.75, 3.05) is 53.2 Å². The Hall–Kier alpha value is -4.12. The fourth-order valence-corrected chi connectivity index (χ4v) is 5.20. The highest BCUT2D eigenvalue weighted by molar-refractivity contribution is 5.79. The van der Waals surface area contributed by atoms with E-state index >= 15 is 0 Å². The standard InChI is InChI=1S/C31H34N2O8/c1-38-28-16-20(10-11-27(28)40-19-29(35)33-12-14-39-15-13-33)30(36)26(34)17-32-31(37)41-18-25-23-8-4-2-6-21(23)22-7-3-5-9-24(22)25/h2-11,16,25-26,30,34,36H,12-15,17-19H2,1H3,(H,32,37). The maximum absolute atomic E-state index is 12.5. The number of hydrogen-bond acceptors (Lipinski definition) is 8. The number of nitrogens with zero attached hydrogens (tertiary/aromatic N) is 1. The molecule has 1 fully saturated rings. The van der Waals surface area contributed by atoms with Gasteiger partial charge in [0.1, 0.15) is 18.8 Å². The molecule has 2 amide bonds. The molecule has 216 valence electrons. The smallest absolute Gasteiger partial charge is 0.407 e. The predicted molar refractivity (Wildman–Crippen MR) is 150 cm³/mol. The summed E-state index contributed by atoms with van der Waals surface area (Å²) in [5, 5.41) is 23.8. The third kappa shape index (κ3) is 6.45. The third-order valence-corrected chi connectivity index (χ3v) is 7.41. The molecule has 0 bridgehead atoms. The first-order chi connectivity index (χ1) is 20.0. The second kappa shape index (κ2) is 13.0. The van der Waals surface area contributed by atoms with Gasteiger partial charge in [-0.05, 0) is 39.9 Å². The second-order valence-electron chi connectivity index (χ2n) is 9.91. The average molecular weight is 563 g/mol. The van der Waals surface area contributed by atoms with Crippen molar-refractivity contribution in [2.45, 2.75) is 18.1 Å². The fourth-order valence-electron chi connectivity index (χ4n) is 5.20. The van der Waals surface area contributed by atoms with Crippen molar-refractivity contribution in [3.63, 3.8) is 0 Å². The van der Waals surface area contributed by atoms with E-state index in [1.54, 1.807) is 17.0 Å². The Labute approximate surface area is 238 Å². The minimum atomic E-state index is -1.32. The number of nitrogens with one attached hydrogen (secondary N) is 1. The van der Waals surface area contributed by atoms with Crippen LogP contribution in [-0.2, 0) is 14.3 Å². The highest BCUT2D eigenvalue weighted by Gasteiger charge is 2.29. The lowest BCUT2D eigenvalue weighted by molar-refractivity contribution is -0.137. The van der Waals surface area contributed by atoms with Gasteiger partial charge in [-0.15, -0.1) is 0 Å². The van der Waals surface area contributed by atoms with Gasteiger partial charge in [0, 0.05) is 25.6 Å². The largest absolute Gasteiger partial charge is 0.493 e. The number of aliphatic hydroxyl groups is 2. The molecule has 1 aliphatic carbocycles. The quantitative estimate of drug-likeness (QED) is 0.344. The van der Waals surface area contributed by atoms with Gasteiger partial charge in [0.25, 0.3) is 5.91 Å². The van der Waals surface area contributed by atoms with Crippen LogP contribution >= 0.6 is 0 Å². The number of amides is 2. The van der Waals surface area contributed by atoms with Crippen LogP contribution in [-0.4, -0.2) is 86.4 Å². The maximum Gasteiger partial charge on any atom is 0.407 e. The number of carbonyl (C=O) groups excluding carboxylic acids is 2. The Morgan fingerprint density at radius 1 is 0.976 bits per heavy atom. The average Bonchev–Trinajstić information content (AvgIpc) is 3.34. The van der Waals surface area contributed by atoms with Crippen molar-refractivity contribution in [3.8, 4) is 22.6 Å². The summed E-state index contributed by atoms with van der Waals surface area (Å²) >= 11 is 0. The minimum Gasteiger partial charge on any atom is -0.493 e. The highest BCUT2D eigenvalue weighted by atomic mass is 16.5. The number of fused-ring (bicyclic) bond motifs is 3. The summed E-state index contributed by atoms with van der Waals surface area (Å²) in [6.07, 6.45) is -3.32. The number of ether oxygens (including phenoxy) is 4. The van der Waals surface area contributed by atoms with Crippen molar-refractivity contribution < 1.29 is 38.7 Å². The number of aliphatic hydroxyl groups excluding tert-OH is 2. The van der Waals surface area contributed by atoms with Crippen LogP contribution in [0.1, 0.15) is 28.7 Å². The number of carbonyl (C=O) groups is 2. The van der Waals surface area contributed by atoms with E-state index in [-0.39, 0.29) is 31.6 Å². The van der Waals surface area contributed by atoms with E-state index in [4.69, 9.17) is 18.9 Å². The lowest BCUT2D eigenvalue weighted by atomic mass is 9.98. The van der Waals surface area contributed by atoms with Gasteiger partial charge in [0.2, 0.25) is 0 Å². The zero-order valence-corrected chi connectivity index (χ0v) is 22.8. The number of hydrogen-bond donors (Lipinski definition) is 3. The first-order valence-electron chi connectivity index (χ1n) is 13.6. The number of rotatable bonds is 10. The van der Waals surface area contributed by atoms with E-state index in [2.05, 4.69) is 17.4 Å². The fraction of sp³-hybridized carbons (Fsp3) is 0.355. The van der Waals surface area contributed by atoms with Crippen molar-refractivity contribution in [3.05, 3.63) is 83.4 Å². The van der Waals surface area contributed by atoms with Crippen LogP contribution in [0.2, 0.25) is 0 Å². The number of alkyl carbamates (subject to hydrolysis) is 1. The summed E-state index contributed by atoms with van der Waals surface area (Å²) < 4.78 is 21.8. The topological polar surface area (TPSA) is 127 Å². The molecule has 1 heterocycles. The van der Waals surface area contributed by atoms with Gasteiger partial charge in [0.05, 0.1) is 20.3 Å². The maximum atomic E-state index is 12.5.